The van der Waals surface area contributed by atoms with Gasteiger partial charge < -0.3 is 19.1 Å². The van der Waals surface area contributed by atoms with Gasteiger partial charge in [0.05, 0.1) is 38.1 Å². The van der Waals surface area contributed by atoms with Gasteiger partial charge in [-0.1, -0.05) is 12.1 Å². The van der Waals surface area contributed by atoms with Crippen molar-refractivity contribution in [3.8, 4) is 11.5 Å². The monoisotopic (exact) mass is 569 g/mol. The molecule has 8 nitrogen and oxygen atoms in total. The minimum absolute atomic E-state index is 0.0254. The fourth-order valence-corrected chi connectivity index (χ4v) is 4.46. The van der Waals surface area contributed by atoms with Crippen molar-refractivity contribution in [3.63, 3.8) is 0 Å². The molecule has 0 aromatic heterocycles. The Morgan fingerprint density at radius 2 is 1.49 bits per heavy atom. The van der Waals surface area contributed by atoms with Crippen molar-refractivity contribution in [1.29, 1.82) is 0 Å². The number of halogens is 3. The Labute approximate surface area is 235 Å². The molecule has 0 N–H and O–H groups in total. The van der Waals surface area contributed by atoms with Gasteiger partial charge in [-0.25, -0.2) is 5.01 Å². The fraction of sp³-hybridized carbons (Fsp3) is 0.300. The number of carbonyl (C=O) groups excluding carboxylic acids is 2. The number of hydrazone groups is 1. The van der Waals surface area contributed by atoms with Crippen LogP contribution in [-0.4, -0.2) is 68.5 Å². The number of hydrogen-bond acceptors (Lipinski definition) is 6. The Hall–Kier alpha value is -4.38. The third kappa shape index (κ3) is 7.04. The summed E-state index contributed by atoms with van der Waals surface area (Å²) < 4.78 is 54.7. The maximum atomic E-state index is 13.7. The molecule has 11 heteroatoms. The molecule has 0 saturated heterocycles. The number of alkyl halides is 3. The zero-order valence-corrected chi connectivity index (χ0v) is 22.9. The van der Waals surface area contributed by atoms with E-state index < -0.39 is 29.6 Å². The first kappa shape index (κ1) is 29.6. The number of ether oxygens (including phenoxy) is 3. The molecule has 0 unspecified atom stereocenters. The topological polar surface area (TPSA) is 80.7 Å². The molecule has 4 rings (SSSR count). The van der Waals surface area contributed by atoms with Crippen molar-refractivity contribution >= 4 is 17.5 Å². The third-order valence-corrected chi connectivity index (χ3v) is 6.73. The summed E-state index contributed by atoms with van der Waals surface area (Å²) in [5.74, 6) is 0.297. The number of benzene rings is 3. The van der Waals surface area contributed by atoms with Crippen LogP contribution in [0.4, 0.5) is 13.2 Å². The normalized spacial score (nSPS) is 14.9. The van der Waals surface area contributed by atoms with Gasteiger partial charge in [-0.05, 0) is 71.8 Å². The summed E-state index contributed by atoms with van der Waals surface area (Å²) in [7, 11) is 4.59. The van der Waals surface area contributed by atoms with Gasteiger partial charge in [0, 0.05) is 25.6 Å². The van der Waals surface area contributed by atoms with E-state index in [1.807, 2.05) is 24.3 Å². The molecule has 1 aliphatic rings. The molecule has 2 amide bonds. The van der Waals surface area contributed by atoms with Crippen LogP contribution in [0.15, 0.2) is 77.9 Å². The lowest BCUT2D eigenvalue weighted by Gasteiger charge is -2.27. The van der Waals surface area contributed by atoms with E-state index in [9.17, 15) is 22.8 Å². The lowest BCUT2D eigenvalue weighted by Crippen LogP contribution is -2.42. The molecule has 1 aliphatic heterocycles. The maximum absolute atomic E-state index is 13.7. The van der Waals surface area contributed by atoms with E-state index in [1.54, 1.807) is 38.5 Å². The smallest absolute Gasteiger partial charge is 0.416 e. The standard InChI is InChI=1S/C30H30F3N3O5/c1-39-17-16-35(29(38)22-4-10-23(11-5-22)30(31,32)33)19-28(37)36-27(21-8-14-25(41-3)15-9-21)18-26(34-36)20-6-12-24(40-2)13-7-20/h4-15,27H,16-19H2,1-3H3/t27-/m1/s1. The second-order valence-corrected chi connectivity index (χ2v) is 9.30. The van der Waals surface area contributed by atoms with Crippen LogP contribution in [0.1, 0.15) is 39.5 Å². The van der Waals surface area contributed by atoms with Crippen LogP contribution in [0.2, 0.25) is 0 Å². The van der Waals surface area contributed by atoms with Crippen LogP contribution in [0.25, 0.3) is 0 Å². The van der Waals surface area contributed by atoms with E-state index in [2.05, 4.69) is 5.10 Å². The average Bonchev–Trinajstić information content (AvgIpc) is 3.44. The van der Waals surface area contributed by atoms with Crippen LogP contribution in [0.3, 0.4) is 0 Å². The van der Waals surface area contributed by atoms with Crippen LogP contribution >= 0.6 is 0 Å². The zero-order valence-electron chi connectivity index (χ0n) is 22.9. The van der Waals surface area contributed by atoms with Gasteiger partial charge in [-0.2, -0.15) is 18.3 Å². The molecule has 216 valence electrons. The summed E-state index contributed by atoms with van der Waals surface area (Å²) >= 11 is 0. The number of methoxy groups -OCH3 is 3. The summed E-state index contributed by atoms with van der Waals surface area (Å²) in [6.45, 7) is -0.171. The molecule has 1 heterocycles. The highest BCUT2D eigenvalue weighted by atomic mass is 19.4. The van der Waals surface area contributed by atoms with Gasteiger partial charge in [0.2, 0.25) is 0 Å². The number of rotatable bonds is 10. The van der Waals surface area contributed by atoms with Crippen molar-refractivity contribution in [2.75, 3.05) is 41.0 Å². The first-order valence-corrected chi connectivity index (χ1v) is 12.8. The van der Waals surface area contributed by atoms with E-state index in [0.29, 0.717) is 23.6 Å². The predicted octanol–water partition coefficient (Wildman–Crippen LogP) is 5.19. The SMILES string of the molecule is COCCN(CC(=O)N1N=C(c2ccc(OC)cc2)C[C@@H]1c1ccc(OC)cc1)C(=O)c1ccc(C(F)(F)F)cc1. The highest BCUT2D eigenvalue weighted by molar-refractivity contribution is 6.04. The minimum atomic E-state index is -4.53. The van der Waals surface area contributed by atoms with Crippen LogP contribution in [0.5, 0.6) is 11.5 Å². The van der Waals surface area contributed by atoms with Gasteiger partial charge in [-0.15, -0.1) is 0 Å². The molecule has 41 heavy (non-hydrogen) atoms. The largest absolute Gasteiger partial charge is 0.497 e. The summed E-state index contributed by atoms with van der Waals surface area (Å²) in [4.78, 5) is 28.3. The second-order valence-electron chi connectivity index (χ2n) is 9.30. The van der Waals surface area contributed by atoms with Gasteiger partial charge in [0.1, 0.15) is 18.0 Å². The van der Waals surface area contributed by atoms with Crippen molar-refractivity contribution < 1.29 is 37.0 Å². The highest BCUT2D eigenvalue weighted by Gasteiger charge is 2.35. The van der Waals surface area contributed by atoms with Crippen molar-refractivity contribution in [3.05, 3.63) is 95.1 Å². The van der Waals surface area contributed by atoms with Crippen LogP contribution in [-0.2, 0) is 15.7 Å². The number of nitrogens with zero attached hydrogens (tertiary/aromatic N) is 3. The molecule has 0 radical (unpaired) electrons. The zero-order chi connectivity index (χ0) is 29.6. The maximum Gasteiger partial charge on any atom is 0.416 e. The van der Waals surface area contributed by atoms with Gasteiger partial charge in [0.25, 0.3) is 11.8 Å². The molecule has 0 bridgehead atoms. The molecule has 0 aliphatic carbocycles. The average molecular weight is 570 g/mol. The van der Waals surface area contributed by atoms with Gasteiger partial charge in [-0.3, -0.25) is 9.59 Å². The Morgan fingerprint density at radius 1 is 0.902 bits per heavy atom. The first-order valence-electron chi connectivity index (χ1n) is 12.8. The number of carbonyl (C=O) groups is 2. The molecule has 0 saturated carbocycles. The quantitative estimate of drug-likeness (QED) is 0.336. The Balaban J connectivity index is 1.61. The molecule has 1 atom stereocenters. The van der Waals surface area contributed by atoms with Crippen molar-refractivity contribution in [2.24, 2.45) is 5.10 Å². The molecule has 0 spiro atoms. The summed E-state index contributed by atoms with van der Waals surface area (Å²) in [6, 6.07) is 18.1. The van der Waals surface area contributed by atoms with Crippen LogP contribution < -0.4 is 9.47 Å². The van der Waals surface area contributed by atoms with E-state index in [-0.39, 0.29) is 25.3 Å². The second kappa shape index (κ2) is 12.9. The summed E-state index contributed by atoms with van der Waals surface area (Å²) in [6.07, 6.45) is -4.10. The lowest BCUT2D eigenvalue weighted by atomic mass is 9.98. The predicted molar refractivity (Wildman–Crippen MR) is 146 cm³/mol. The van der Waals surface area contributed by atoms with Gasteiger partial charge in [0.15, 0.2) is 0 Å². The first-order chi connectivity index (χ1) is 19.6. The third-order valence-electron chi connectivity index (χ3n) is 6.73. The van der Waals surface area contributed by atoms with Crippen molar-refractivity contribution in [2.45, 2.75) is 18.6 Å². The Bertz CT molecular complexity index is 1370. The molecular weight excluding hydrogens is 539 g/mol. The van der Waals surface area contributed by atoms with Crippen molar-refractivity contribution in [1.82, 2.24) is 9.91 Å². The van der Waals surface area contributed by atoms with E-state index in [1.165, 1.54) is 17.0 Å². The van der Waals surface area contributed by atoms with E-state index in [4.69, 9.17) is 14.2 Å². The Kier molecular flexibility index (Phi) is 9.28. The van der Waals surface area contributed by atoms with E-state index >= 15 is 0 Å². The molecule has 0 fully saturated rings. The summed E-state index contributed by atoms with van der Waals surface area (Å²) in [5, 5.41) is 6.01. The highest BCUT2D eigenvalue weighted by Crippen LogP contribution is 2.34. The Morgan fingerprint density at radius 3 is 2.02 bits per heavy atom. The van der Waals surface area contributed by atoms with Gasteiger partial charge >= 0.3 is 6.18 Å². The van der Waals surface area contributed by atoms with Crippen LogP contribution in [0, 0.1) is 0 Å². The number of hydrogen-bond donors (Lipinski definition) is 0. The molecule has 3 aromatic carbocycles. The lowest BCUT2D eigenvalue weighted by molar-refractivity contribution is -0.137. The van der Waals surface area contributed by atoms with E-state index in [0.717, 1.165) is 35.4 Å². The summed E-state index contributed by atoms with van der Waals surface area (Å²) in [5.41, 5.74) is 1.48. The molecule has 3 aromatic rings. The molecular formula is C30H30F3N3O5. The minimum Gasteiger partial charge on any atom is -0.497 e. The fourth-order valence-electron chi connectivity index (χ4n) is 4.46. The number of amides is 2.